The van der Waals surface area contributed by atoms with Crippen molar-refractivity contribution >= 4 is 11.9 Å². The van der Waals surface area contributed by atoms with Crippen LogP contribution in [0.1, 0.15) is 5.56 Å². The quantitative estimate of drug-likeness (QED) is 0.258. The van der Waals surface area contributed by atoms with Gasteiger partial charge in [-0.15, -0.1) is 0 Å². The molecule has 1 aromatic carbocycles. The minimum Gasteiger partial charge on any atom is -0.624 e. The van der Waals surface area contributed by atoms with Crippen LogP contribution >= 0.6 is 0 Å². The predicted octanol–water partition coefficient (Wildman–Crippen LogP) is 0.516. The third-order valence-corrected chi connectivity index (χ3v) is 1.72. The van der Waals surface area contributed by atoms with E-state index in [1.165, 1.54) is 30.5 Å². The lowest BCUT2D eigenvalue weighted by Gasteiger charge is -2.00. The Kier molecular flexibility index (Phi) is 3.75. The Bertz CT molecular complexity index is 372. The third kappa shape index (κ3) is 3.35. The second-order valence-electron chi connectivity index (χ2n) is 2.84. The summed E-state index contributed by atoms with van der Waals surface area (Å²) in [7, 11) is 0. The Balaban J connectivity index is 2.80. The van der Waals surface area contributed by atoms with Crippen LogP contribution in [0.3, 0.4) is 0 Å². The maximum atomic E-state index is 11.0. The number of nitrogens with zero attached hydrogens (tertiary/aromatic N) is 2. The summed E-state index contributed by atoms with van der Waals surface area (Å²) in [6.07, 6.45) is 1.26. The predicted molar refractivity (Wildman–Crippen MR) is 53.8 cm³/mol. The zero-order valence-electron chi connectivity index (χ0n) is 7.87. The Labute approximate surface area is 85.8 Å². The molecule has 80 valence electrons. The number of non-ortho nitro benzene ring substituents is 1. The maximum Gasteiger partial charge on any atom is 0.269 e. The van der Waals surface area contributed by atoms with E-state index >= 15 is 0 Å². The third-order valence-electron chi connectivity index (χ3n) is 1.72. The topological polar surface area (TPSA) is 89.4 Å². The number of aliphatic hydroxyl groups is 1. The van der Waals surface area contributed by atoms with Gasteiger partial charge >= 0.3 is 0 Å². The van der Waals surface area contributed by atoms with E-state index in [9.17, 15) is 15.3 Å². The van der Waals surface area contributed by atoms with Crippen LogP contribution in [0.4, 0.5) is 5.69 Å². The second kappa shape index (κ2) is 5.06. The van der Waals surface area contributed by atoms with Crippen LogP contribution in [-0.4, -0.2) is 34.1 Å². The SMILES string of the molecule is O=[N+]([O-])c1ccc(/C=[N+](/[O-])CCO)cc1. The van der Waals surface area contributed by atoms with Gasteiger partial charge in [-0.1, -0.05) is 0 Å². The van der Waals surface area contributed by atoms with E-state index in [1.807, 2.05) is 0 Å². The number of hydroxylamine groups is 1. The number of hydrogen-bond donors (Lipinski definition) is 1. The molecule has 0 aliphatic rings. The van der Waals surface area contributed by atoms with Crippen LogP contribution in [0.2, 0.25) is 0 Å². The highest BCUT2D eigenvalue weighted by Gasteiger charge is 2.03. The number of benzene rings is 1. The van der Waals surface area contributed by atoms with Gasteiger partial charge in [-0.25, -0.2) is 4.74 Å². The molecule has 0 aliphatic carbocycles. The van der Waals surface area contributed by atoms with Crippen molar-refractivity contribution in [2.75, 3.05) is 13.2 Å². The van der Waals surface area contributed by atoms with Gasteiger partial charge in [0, 0.05) is 17.7 Å². The lowest BCUT2D eigenvalue weighted by Crippen LogP contribution is -2.10. The molecule has 1 aromatic rings. The number of aliphatic hydroxyl groups excluding tert-OH is 1. The monoisotopic (exact) mass is 210 g/mol. The van der Waals surface area contributed by atoms with E-state index in [1.54, 1.807) is 0 Å². The van der Waals surface area contributed by atoms with Crippen molar-refractivity contribution in [3.8, 4) is 0 Å². The molecule has 0 saturated carbocycles. The van der Waals surface area contributed by atoms with E-state index in [0.717, 1.165) is 0 Å². The van der Waals surface area contributed by atoms with Crippen LogP contribution in [0.15, 0.2) is 24.3 Å². The van der Waals surface area contributed by atoms with Gasteiger partial charge in [-0.3, -0.25) is 10.1 Å². The molecule has 0 atom stereocenters. The highest BCUT2D eigenvalue weighted by molar-refractivity contribution is 5.76. The molecule has 1 N–H and O–H groups in total. The lowest BCUT2D eigenvalue weighted by atomic mass is 10.2. The first-order chi connectivity index (χ1) is 7.13. The molecule has 0 bridgehead atoms. The van der Waals surface area contributed by atoms with Crippen LogP contribution in [0.5, 0.6) is 0 Å². The lowest BCUT2D eigenvalue weighted by molar-refractivity contribution is -0.455. The van der Waals surface area contributed by atoms with Gasteiger partial charge < -0.3 is 10.3 Å². The van der Waals surface area contributed by atoms with Gasteiger partial charge in [-0.05, 0) is 12.1 Å². The van der Waals surface area contributed by atoms with Gasteiger partial charge in [0.05, 0.1) is 4.92 Å². The average molecular weight is 210 g/mol. The standard InChI is InChI=1S/C9H10N2O4/c12-6-5-10(13)7-8-1-3-9(4-2-8)11(14)15/h1-4,7,12H,5-6H2/b10-7+. The maximum absolute atomic E-state index is 11.0. The molecule has 0 saturated heterocycles. The smallest absolute Gasteiger partial charge is 0.269 e. The molecule has 0 unspecified atom stereocenters. The molecule has 6 heteroatoms. The fourth-order valence-electron chi connectivity index (χ4n) is 1.01. The number of rotatable bonds is 4. The van der Waals surface area contributed by atoms with Crippen molar-refractivity contribution in [3.05, 3.63) is 45.2 Å². The van der Waals surface area contributed by atoms with E-state index in [0.29, 0.717) is 10.3 Å². The van der Waals surface area contributed by atoms with E-state index < -0.39 is 4.92 Å². The first kappa shape index (κ1) is 11.1. The number of nitro groups is 1. The summed E-state index contributed by atoms with van der Waals surface area (Å²) in [6.45, 7) is -0.246. The molecule has 15 heavy (non-hydrogen) atoms. The van der Waals surface area contributed by atoms with E-state index in [2.05, 4.69) is 0 Å². The Morgan fingerprint density at radius 3 is 2.33 bits per heavy atom. The minimum atomic E-state index is -0.507. The highest BCUT2D eigenvalue weighted by atomic mass is 16.6. The van der Waals surface area contributed by atoms with Gasteiger partial charge in [0.15, 0.2) is 12.8 Å². The number of hydrogen-bond acceptors (Lipinski definition) is 4. The first-order valence-corrected chi connectivity index (χ1v) is 4.27. The fourth-order valence-corrected chi connectivity index (χ4v) is 1.01. The molecule has 0 aromatic heterocycles. The Morgan fingerprint density at radius 2 is 1.87 bits per heavy atom. The van der Waals surface area contributed by atoms with Crippen LogP contribution < -0.4 is 0 Å². The van der Waals surface area contributed by atoms with Crippen LogP contribution in [0.25, 0.3) is 0 Å². The number of nitro benzene ring substituents is 1. The summed E-state index contributed by atoms with van der Waals surface area (Å²) < 4.78 is 0.571. The van der Waals surface area contributed by atoms with E-state index in [4.69, 9.17) is 5.11 Å². The van der Waals surface area contributed by atoms with Gasteiger partial charge in [0.2, 0.25) is 0 Å². The molecular weight excluding hydrogens is 200 g/mol. The molecular formula is C9H10N2O4. The largest absolute Gasteiger partial charge is 0.624 e. The molecule has 6 nitrogen and oxygen atoms in total. The summed E-state index contributed by atoms with van der Waals surface area (Å²) in [5, 5.41) is 29.8. The van der Waals surface area contributed by atoms with Crippen molar-refractivity contribution in [2.24, 2.45) is 0 Å². The fraction of sp³-hybridized carbons (Fsp3) is 0.222. The van der Waals surface area contributed by atoms with Gasteiger partial charge in [-0.2, -0.15) is 0 Å². The molecule has 0 aliphatic heterocycles. The van der Waals surface area contributed by atoms with Crippen LogP contribution in [0, 0.1) is 15.3 Å². The summed E-state index contributed by atoms with van der Waals surface area (Å²) in [6, 6.07) is 5.58. The van der Waals surface area contributed by atoms with Gasteiger partial charge in [0.25, 0.3) is 5.69 Å². The molecule has 0 radical (unpaired) electrons. The average Bonchev–Trinajstić information content (AvgIpc) is 2.18. The molecule has 0 heterocycles. The molecule has 0 fully saturated rings. The molecule has 0 spiro atoms. The van der Waals surface area contributed by atoms with Crippen LogP contribution in [-0.2, 0) is 0 Å². The molecule has 0 amide bonds. The summed E-state index contributed by atoms with van der Waals surface area (Å²) in [5.41, 5.74) is 0.538. The van der Waals surface area contributed by atoms with Crippen molar-refractivity contribution in [2.45, 2.75) is 0 Å². The van der Waals surface area contributed by atoms with E-state index in [-0.39, 0.29) is 18.8 Å². The summed E-state index contributed by atoms with van der Waals surface area (Å²) >= 11 is 0. The Morgan fingerprint density at radius 1 is 1.27 bits per heavy atom. The zero-order valence-corrected chi connectivity index (χ0v) is 7.87. The highest BCUT2D eigenvalue weighted by Crippen LogP contribution is 2.10. The Hall–Kier alpha value is -1.95. The van der Waals surface area contributed by atoms with Crippen molar-refractivity contribution < 1.29 is 14.8 Å². The zero-order chi connectivity index (χ0) is 11.3. The second-order valence-corrected chi connectivity index (χ2v) is 2.84. The summed E-state index contributed by atoms with van der Waals surface area (Å²) in [4.78, 5) is 9.82. The van der Waals surface area contributed by atoms with Crippen molar-refractivity contribution in [1.82, 2.24) is 0 Å². The first-order valence-electron chi connectivity index (χ1n) is 4.27. The summed E-state index contributed by atoms with van der Waals surface area (Å²) in [5.74, 6) is 0. The normalized spacial score (nSPS) is 11.4. The van der Waals surface area contributed by atoms with Crippen molar-refractivity contribution in [3.63, 3.8) is 0 Å². The van der Waals surface area contributed by atoms with Crippen molar-refractivity contribution in [1.29, 1.82) is 0 Å². The van der Waals surface area contributed by atoms with Gasteiger partial charge in [0.1, 0.15) is 6.61 Å². The minimum absolute atomic E-state index is 0.0169. The molecule has 1 rings (SSSR count).